The fourth-order valence-corrected chi connectivity index (χ4v) is 5.12. The van der Waals surface area contributed by atoms with Gasteiger partial charge in [0.25, 0.3) is 0 Å². The lowest BCUT2D eigenvalue weighted by molar-refractivity contribution is -0.338. The van der Waals surface area contributed by atoms with Crippen LogP contribution in [0.5, 0.6) is 17.2 Å². The molecule has 5 rings (SSSR count). The van der Waals surface area contributed by atoms with Gasteiger partial charge in [-0.1, -0.05) is 0 Å². The lowest BCUT2D eigenvalue weighted by Gasteiger charge is -2.46. The topological polar surface area (TPSA) is 240 Å². The molecular weight excluding hydrogens is 548 g/mol. The summed E-state index contributed by atoms with van der Waals surface area (Å²) in [5.41, 5.74) is -1.08. The van der Waals surface area contributed by atoms with E-state index in [4.69, 9.17) is 18.6 Å². The summed E-state index contributed by atoms with van der Waals surface area (Å²) in [5, 5.41) is 93.0. The summed E-state index contributed by atoms with van der Waals surface area (Å²) in [7, 11) is 0. The van der Waals surface area contributed by atoms with E-state index in [2.05, 4.69) is 0 Å². The van der Waals surface area contributed by atoms with Gasteiger partial charge in [-0.2, -0.15) is 0 Å². The van der Waals surface area contributed by atoms with Crippen molar-refractivity contribution in [2.75, 3.05) is 6.61 Å². The average Bonchev–Trinajstić information content (AvgIpc) is 2.93. The lowest BCUT2D eigenvalue weighted by Crippen LogP contribution is -2.61. The molecule has 1 aromatic heterocycles. The number of hydrogen-bond donors (Lipinski definition) is 9. The molecule has 3 aromatic rings. The number of phenolic OH excluding ortho intramolecular Hbond substituents is 3. The molecule has 1 unspecified atom stereocenters. The Bertz CT molecular complexity index is 1460. The second kappa shape index (κ2) is 11.2. The van der Waals surface area contributed by atoms with Gasteiger partial charge in [-0.3, -0.25) is 4.79 Å². The number of benzene rings is 2. The zero-order valence-corrected chi connectivity index (χ0v) is 21.5. The first-order valence-electron chi connectivity index (χ1n) is 12.7. The molecule has 2 aliphatic rings. The molecule has 0 amide bonds. The zero-order valence-electron chi connectivity index (χ0n) is 21.5. The first kappa shape index (κ1) is 29.2. The van der Waals surface area contributed by atoms with Crippen LogP contribution in [0.25, 0.3) is 22.3 Å². The Balaban J connectivity index is 1.67. The third-order valence-corrected chi connectivity index (χ3v) is 7.40. The van der Waals surface area contributed by atoms with Crippen molar-refractivity contribution in [3.8, 4) is 28.6 Å². The summed E-state index contributed by atoms with van der Waals surface area (Å²) >= 11 is 0. The highest BCUT2D eigenvalue weighted by Crippen LogP contribution is 2.45. The minimum Gasteiger partial charge on any atom is -0.508 e. The third kappa shape index (κ3) is 5.14. The molecule has 14 nitrogen and oxygen atoms in total. The van der Waals surface area contributed by atoms with E-state index in [1.807, 2.05) is 0 Å². The van der Waals surface area contributed by atoms with Crippen LogP contribution in [-0.2, 0) is 14.2 Å². The summed E-state index contributed by atoms with van der Waals surface area (Å²) in [5.74, 6) is -1.39. The molecule has 0 bridgehead atoms. The van der Waals surface area contributed by atoms with Crippen LogP contribution in [0.2, 0.25) is 0 Å². The van der Waals surface area contributed by atoms with Crippen LogP contribution >= 0.6 is 0 Å². The number of rotatable bonds is 5. The highest BCUT2D eigenvalue weighted by molar-refractivity contribution is 5.89. The summed E-state index contributed by atoms with van der Waals surface area (Å²) < 4.78 is 23.0. The molecule has 0 saturated carbocycles. The standard InChI is InChI=1S/C27H30O14/c1-9-19(33)21(35)23(37)27(38-9)41-26-22(36)20(34)16(8-28)40-25(26)18-13(31)6-12(30)17-14(32)7-15(39-24(17)18)10-2-4-11(29)5-3-10/h2-7,9,16,19-23,25-31,33-37H,8H2,1H3/t9-,16+,19-,20+,21?,22-,23+,25-,26+,27-/m0/s1. The summed E-state index contributed by atoms with van der Waals surface area (Å²) in [4.78, 5) is 13.1. The maximum atomic E-state index is 13.1. The van der Waals surface area contributed by atoms with Crippen molar-refractivity contribution in [3.63, 3.8) is 0 Å². The highest BCUT2D eigenvalue weighted by atomic mass is 16.7. The van der Waals surface area contributed by atoms with Crippen LogP contribution in [0.3, 0.4) is 0 Å². The van der Waals surface area contributed by atoms with Gasteiger partial charge >= 0.3 is 0 Å². The number of aromatic hydroxyl groups is 3. The molecule has 2 aromatic carbocycles. The number of hydrogen-bond acceptors (Lipinski definition) is 14. The summed E-state index contributed by atoms with van der Waals surface area (Å²) in [6.07, 6.45) is -16.0. The quantitative estimate of drug-likeness (QED) is 0.175. The van der Waals surface area contributed by atoms with Crippen LogP contribution in [0.1, 0.15) is 18.6 Å². The highest BCUT2D eigenvalue weighted by Gasteiger charge is 2.51. The number of aliphatic hydroxyl groups excluding tert-OH is 6. The molecule has 2 saturated heterocycles. The molecule has 222 valence electrons. The van der Waals surface area contributed by atoms with Gasteiger partial charge in [0.05, 0.1) is 18.3 Å². The predicted molar refractivity (Wildman–Crippen MR) is 137 cm³/mol. The summed E-state index contributed by atoms with van der Waals surface area (Å²) in [6, 6.07) is 7.53. The van der Waals surface area contributed by atoms with Crippen LogP contribution in [-0.4, -0.2) is 108 Å². The minimum absolute atomic E-state index is 0.0294. The average molecular weight is 579 g/mol. The van der Waals surface area contributed by atoms with Crippen molar-refractivity contribution in [2.45, 2.75) is 68.1 Å². The molecule has 0 aliphatic carbocycles. The second-order valence-electron chi connectivity index (χ2n) is 10.1. The summed E-state index contributed by atoms with van der Waals surface area (Å²) in [6.45, 7) is 0.613. The Hall–Kier alpha value is -3.31. The Morgan fingerprint density at radius 2 is 1.51 bits per heavy atom. The first-order chi connectivity index (χ1) is 19.4. The molecule has 0 spiro atoms. The second-order valence-corrected chi connectivity index (χ2v) is 10.1. The molecule has 9 N–H and O–H groups in total. The molecule has 14 heteroatoms. The zero-order chi connectivity index (χ0) is 29.7. The Morgan fingerprint density at radius 1 is 0.829 bits per heavy atom. The van der Waals surface area contributed by atoms with E-state index in [1.165, 1.54) is 31.2 Å². The van der Waals surface area contributed by atoms with E-state index in [-0.39, 0.29) is 28.0 Å². The minimum atomic E-state index is -1.85. The van der Waals surface area contributed by atoms with E-state index in [0.29, 0.717) is 5.56 Å². The van der Waals surface area contributed by atoms with Crippen molar-refractivity contribution in [1.29, 1.82) is 0 Å². The van der Waals surface area contributed by atoms with Gasteiger partial charge in [-0.25, -0.2) is 0 Å². The van der Waals surface area contributed by atoms with E-state index in [1.54, 1.807) is 0 Å². The van der Waals surface area contributed by atoms with E-state index in [0.717, 1.165) is 12.1 Å². The number of aliphatic hydroxyl groups is 6. The van der Waals surface area contributed by atoms with Crippen molar-refractivity contribution < 1.29 is 64.6 Å². The Morgan fingerprint density at radius 3 is 2.17 bits per heavy atom. The van der Waals surface area contributed by atoms with Gasteiger partial charge in [0.2, 0.25) is 0 Å². The van der Waals surface area contributed by atoms with Crippen molar-refractivity contribution in [2.24, 2.45) is 0 Å². The normalized spacial score (nSPS) is 34.1. The number of phenols is 3. The van der Waals surface area contributed by atoms with Crippen LogP contribution < -0.4 is 5.43 Å². The molecule has 10 atom stereocenters. The maximum absolute atomic E-state index is 13.1. The Labute approximate surface area is 231 Å². The van der Waals surface area contributed by atoms with Gasteiger partial charge in [-0.05, 0) is 31.2 Å². The maximum Gasteiger partial charge on any atom is 0.197 e. The number of fused-ring (bicyclic) bond motifs is 1. The van der Waals surface area contributed by atoms with Gasteiger partial charge in [-0.15, -0.1) is 0 Å². The molecule has 3 heterocycles. The van der Waals surface area contributed by atoms with Gasteiger partial charge in [0, 0.05) is 17.7 Å². The van der Waals surface area contributed by atoms with Crippen molar-refractivity contribution >= 4 is 11.0 Å². The molecule has 2 aliphatic heterocycles. The van der Waals surface area contributed by atoms with Gasteiger partial charge in [0.1, 0.15) is 77.2 Å². The van der Waals surface area contributed by atoms with E-state index in [9.17, 15) is 50.8 Å². The van der Waals surface area contributed by atoms with Crippen LogP contribution in [0, 0.1) is 0 Å². The lowest BCUT2D eigenvalue weighted by atomic mass is 9.89. The van der Waals surface area contributed by atoms with E-state index >= 15 is 0 Å². The van der Waals surface area contributed by atoms with Crippen molar-refractivity contribution in [1.82, 2.24) is 0 Å². The predicted octanol–water partition coefficient (Wildman–Crippen LogP) is -1.06. The molecule has 41 heavy (non-hydrogen) atoms. The fourth-order valence-electron chi connectivity index (χ4n) is 5.12. The first-order valence-corrected chi connectivity index (χ1v) is 12.7. The Kier molecular flexibility index (Phi) is 7.95. The largest absolute Gasteiger partial charge is 0.508 e. The van der Waals surface area contributed by atoms with Crippen molar-refractivity contribution in [3.05, 3.63) is 52.2 Å². The fraction of sp³-hybridized carbons (Fsp3) is 0.444. The smallest absolute Gasteiger partial charge is 0.197 e. The van der Waals surface area contributed by atoms with Gasteiger partial charge in [0.15, 0.2) is 17.3 Å². The molecular formula is C27H30O14. The monoisotopic (exact) mass is 578 g/mol. The van der Waals surface area contributed by atoms with Gasteiger partial charge < -0.3 is 64.6 Å². The molecule has 0 radical (unpaired) electrons. The van der Waals surface area contributed by atoms with Crippen LogP contribution in [0.4, 0.5) is 0 Å². The van der Waals surface area contributed by atoms with E-state index < -0.39 is 84.8 Å². The molecule has 2 fully saturated rings. The third-order valence-electron chi connectivity index (χ3n) is 7.40. The SMILES string of the molecule is C[C@@H]1O[C@@H](O[C@@H]2[C@@H](O)[C@H](O)[C@@H](CO)O[C@H]2c2c(O)cc(O)c3c(=O)cc(-c4ccc(O)cc4)oc23)[C@H](O)C(O)[C@H]1O. The number of ether oxygens (including phenoxy) is 3. The van der Waals surface area contributed by atoms with Crippen LogP contribution in [0.15, 0.2) is 45.6 Å².